The zero-order valence-corrected chi connectivity index (χ0v) is 20.0. The predicted molar refractivity (Wildman–Crippen MR) is 125 cm³/mol. The third-order valence-corrected chi connectivity index (χ3v) is 6.04. The van der Waals surface area contributed by atoms with E-state index in [0.717, 1.165) is 17.8 Å². The number of imidazole rings is 1. The number of halogens is 5. The highest BCUT2D eigenvalue weighted by Crippen LogP contribution is 2.32. The van der Waals surface area contributed by atoms with Crippen molar-refractivity contribution < 1.29 is 27.5 Å². The van der Waals surface area contributed by atoms with Gasteiger partial charge in [0.2, 0.25) is 5.91 Å². The van der Waals surface area contributed by atoms with Crippen LogP contribution >= 0.6 is 23.2 Å². The Morgan fingerprint density at radius 1 is 1.26 bits per heavy atom. The number of hydrogen-bond donors (Lipinski definition) is 1. The number of rotatable bonds is 7. The van der Waals surface area contributed by atoms with Gasteiger partial charge in [-0.05, 0) is 36.6 Å². The van der Waals surface area contributed by atoms with Crippen LogP contribution < -0.4 is 10.1 Å². The van der Waals surface area contributed by atoms with E-state index in [2.05, 4.69) is 15.5 Å². The topological polar surface area (TPSA) is 77.2 Å². The number of aromatic nitrogens is 2. The summed E-state index contributed by atoms with van der Waals surface area (Å²) in [7, 11) is 0. The Hall–Kier alpha value is -2.98. The van der Waals surface area contributed by atoms with Crippen LogP contribution in [0.2, 0.25) is 10.0 Å². The van der Waals surface area contributed by atoms with E-state index in [0.29, 0.717) is 47.8 Å². The van der Waals surface area contributed by atoms with Crippen LogP contribution in [0.25, 0.3) is 5.65 Å². The van der Waals surface area contributed by atoms with E-state index >= 15 is 0 Å². The van der Waals surface area contributed by atoms with E-state index in [1.54, 1.807) is 6.07 Å². The largest absolute Gasteiger partial charge is 0.488 e. The number of nitrogens with one attached hydrogen (secondary N) is 1. The number of alkyl halides is 3. The van der Waals surface area contributed by atoms with E-state index in [4.69, 9.17) is 32.8 Å². The lowest BCUT2D eigenvalue weighted by Gasteiger charge is -2.25. The van der Waals surface area contributed by atoms with E-state index in [9.17, 15) is 18.0 Å². The van der Waals surface area contributed by atoms with Gasteiger partial charge < -0.3 is 19.3 Å². The molecule has 0 radical (unpaired) electrons. The number of fused-ring (bicyclic) bond motifs is 1. The number of ether oxygens (including phenoxy) is 1. The van der Waals surface area contributed by atoms with Crippen molar-refractivity contribution in [2.45, 2.75) is 45.1 Å². The van der Waals surface area contributed by atoms with Gasteiger partial charge in [0, 0.05) is 24.4 Å². The van der Waals surface area contributed by atoms with Crippen LogP contribution in [-0.4, -0.2) is 34.2 Å². The second-order valence-corrected chi connectivity index (χ2v) is 8.78. The van der Waals surface area contributed by atoms with Gasteiger partial charge in [0.05, 0.1) is 34.1 Å². The third kappa shape index (κ3) is 5.99. The summed E-state index contributed by atoms with van der Waals surface area (Å²) < 4.78 is 46.2. The SMILES string of the molecule is CCc1cc(/C=N/OCc2cn3cc(C(F)(F)F)cc(Cl)c3n2)c(Cl)cc1OC1CCC(=O)NC1. The molecule has 7 nitrogen and oxygen atoms in total. The molecule has 35 heavy (non-hydrogen) atoms. The molecule has 1 aliphatic rings. The molecule has 3 aromatic rings. The molecule has 1 fully saturated rings. The Morgan fingerprint density at radius 2 is 2.06 bits per heavy atom. The summed E-state index contributed by atoms with van der Waals surface area (Å²) in [5.74, 6) is 0.666. The minimum atomic E-state index is -4.52. The molecule has 0 aliphatic carbocycles. The van der Waals surface area contributed by atoms with Gasteiger partial charge in [-0.3, -0.25) is 4.79 Å². The normalized spacial score (nSPS) is 16.6. The van der Waals surface area contributed by atoms with Crippen LogP contribution in [0.1, 0.15) is 42.1 Å². The molecule has 1 atom stereocenters. The molecule has 2 aromatic heterocycles. The van der Waals surface area contributed by atoms with Crippen molar-refractivity contribution >= 4 is 41.0 Å². The minimum Gasteiger partial charge on any atom is -0.488 e. The van der Waals surface area contributed by atoms with Crippen molar-refractivity contribution in [2.24, 2.45) is 5.16 Å². The van der Waals surface area contributed by atoms with Gasteiger partial charge in [-0.1, -0.05) is 35.3 Å². The Balaban J connectivity index is 1.42. The standard InChI is InChI=1S/C23H21Cl2F3N4O3/c1-2-13-5-14(18(24)7-20(13)35-17-3-4-21(33)29-9-17)8-30-34-12-16-11-32-10-15(23(26,27)28)6-19(25)22(32)31-16/h5-8,10-11,17H,2-4,9,12H2,1H3,(H,29,33)/b30-8+. The first-order valence-corrected chi connectivity index (χ1v) is 11.5. The lowest BCUT2D eigenvalue weighted by atomic mass is 10.1. The number of pyridine rings is 1. The lowest BCUT2D eigenvalue weighted by molar-refractivity contribution is -0.137. The Kier molecular flexibility index (Phi) is 7.42. The monoisotopic (exact) mass is 528 g/mol. The van der Waals surface area contributed by atoms with Crippen LogP contribution in [0.4, 0.5) is 13.2 Å². The lowest BCUT2D eigenvalue weighted by Crippen LogP contribution is -2.41. The summed E-state index contributed by atoms with van der Waals surface area (Å²) in [6.07, 6.45) is 0.854. The van der Waals surface area contributed by atoms with Crippen molar-refractivity contribution in [3.05, 3.63) is 63.0 Å². The molecule has 4 rings (SSSR count). The Bertz CT molecular complexity index is 1270. The maximum Gasteiger partial charge on any atom is 0.417 e. The number of aryl methyl sites for hydroxylation is 1. The van der Waals surface area contributed by atoms with Crippen LogP contribution in [0.5, 0.6) is 5.75 Å². The zero-order chi connectivity index (χ0) is 25.2. The summed E-state index contributed by atoms with van der Waals surface area (Å²) in [6.45, 7) is 2.35. The van der Waals surface area contributed by atoms with E-state index in [-0.39, 0.29) is 29.3 Å². The fourth-order valence-electron chi connectivity index (χ4n) is 3.62. The molecule has 1 amide bonds. The molecule has 0 saturated carbocycles. The highest BCUT2D eigenvalue weighted by Gasteiger charge is 2.32. The smallest absolute Gasteiger partial charge is 0.417 e. The minimum absolute atomic E-state index is 0.0166. The molecule has 1 N–H and O–H groups in total. The number of benzene rings is 1. The van der Waals surface area contributed by atoms with Crippen LogP contribution in [0.15, 0.2) is 35.7 Å². The molecule has 1 aromatic carbocycles. The fourth-order valence-corrected chi connectivity index (χ4v) is 4.08. The van der Waals surface area contributed by atoms with Crippen molar-refractivity contribution in [1.29, 1.82) is 0 Å². The number of oxime groups is 1. The maximum atomic E-state index is 13.0. The summed E-state index contributed by atoms with van der Waals surface area (Å²) in [4.78, 5) is 20.8. The average Bonchev–Trinajstić information content (AvgIpc) is 3.22. The molecule has 12 heteroatoms. The van der Waals surface area contributed by atoms with E-state index < -0.39 is 11.7 Å². The number of carbonyl (C=O) groups is 1. The number of amides is 1. The molecule has 0 spiro atoms. The number of nitrogens with zero attached hydrogens (tertiary/aromatic N) is 3. The third-order valence-electron chi connectivity index (χ3n) is 5.44. The molecule has 1 saturated heterocycles. The first kappa shape index (κ1) is 25.1. The quantitative estimate of drug-likeness (QED) is 0.327. The highest BCUT2D eigenvalue weighted by molar-refractivity contribution is 6.33. The van der Waals surface area contributed by atoms with E-state index in [1.165, 1.54) is 16.8 Å². The highest BCUT2D eigenvalue weighted by atomic mass is 35.5. The Morgan fingerprint density at radius 3 is 2.74 bits per heavy atom. The van der Waals surface area contributed by atoms with Crippen molar-refractivity contribution in [1.82, 2.24) is 14.7 Å². The van der Waals surface area contributed by atoms with Gasteiger partial charge in [0.25, 0.3) is 0 Å². The molecule has 0 bridgehead atoms. The van der Waals surface area contributed by atoms with E-state index in [1.807, 2.05) is 13.0 Å². The average molecular weight is 529 g/mol. The fraction of sp³-hybridized carbons (Fsp3) is 0.348. The number of carbonyl (C=O) groups excluding carboxylic acids is 1. The molecule has 186 valence electrons. The van der Waals surface area contributed by atoms with Crippen LogP contribution in [0.3, 0.4) is 0 Å². The van der Waals surface area contributed by atoms with Gasteiger partial charge in [0.1, 0.15) is 11.9 Å². The second kappa shape index (κ2) is 10.3. The van der Waals surface area contributed by atoms with Crippen molar-refractivity contribution in [2.75, 3.05) is 6.54 Å². The molecule has 1 aliphatic heterocycles. The summed E-state index contributed by atoms with van der Waals surface area (Å²) in [6, 6.07) is 4.38. The maximum absolute atomic E-state index is 13.0. The first-order valence-electron chi connectivity index (χ1n) is 10.8. The summed E-state index contributed by atoms with van der Waals surface area (Å²) in [5, 5.41) is 6.99. The van der Waals surface area contributed by atoms with Crippen LogP contribution in [0, 0.1) is 0 Å². The number of hydrogen-bond acceptors (Lipinski definition) is 5. The Labute approximate surface area is 208 Å². The molecular formula is C23H21Cl2F3N4O3. The number of piperidine rings is 1. The van der Waals surface area contributed by atoms with Gasteiger partial charge >= 0.3 is 6.18 Å². The summed E-state index contributed by atoms with van der Waals surface area (Å²) in [5.41, 5.74) is 1.20. The van der Waals surface area contributed by atoms with Gasteiger partial charge in [-0.2, -0.15) is 13.2 Å². The second-order valence-electron chi connectivity index (χ2n) is 7.96. The van der Waals surface area contributed by atoms with Gasteiger partial charge in [-0.15, -0.1) is 0 Å². The molecule has 3 heterocycles. The van der Waals surface area contributed by atoms with Gasteiger partial charge in [0.15, 0.2) is 12.3 Å². The molecule has 1 unspecified atom stereocenters. The van der Waals surface area contributed by atoms with Gasteiger partial charge in [-0.25, -0.2) is 4.98 Å². The van der Waals surface area contributed by atoms with Crippen molar-refractivity contribution in [3.8, 4) is 5.75 Å². The van der Waals surface area contributed by atoms with Crippen molar-refractivity contribution in [3.63, 3.8) is 0 Å². The predicted octanol–water partition coefficient (Wildman–Crippen LogP) is 5.43. The summed E-state index contributed by atoms with van der Waals surface area (Å²) >= 11 is 12.4. The molecular weight excluding hydrogens is 508 g/mol. The first-order chi connectivity index (χ1) is 16.6. The zero-order valence-electron chi connectivity index (χ0n) is 18.5. The van der Waals surface area contributed by atoms with Crippen LogP contribution in [-0.2, 0) is 28.8 Å².